The van der Waals surface area contributed by atoms with Crippen LogP contribution in [0.25, 0.3) is 10.9 Å². The van der Waals surface area contributed by atoms with E-state index < -0.39 is 5.38 Å². The van der Waals surface area contributed by atoms with Crippen molar-refractivity contribution in [2.75, 3.05) is 33.2 Å². The molecule has 210 valence electrons. The lowest BCUT2D eigenvalue weighted by Crippen LogP contribution is -2.34. The summed E-state index contributed by atoms with van der Waals surface area (Å²) < 4.78 is 16.3. The normalized spacial score (nSPS) is 12.4. The molecule has 2 unspecified atom stereocenters. The van der Waals surface area contributed by atoms with E-state index in [2.05, 4.69) is 17.2 Å². The molecule has 7 nitrogen and oxygen atoms in total. The van der Waals surface area contributed by atoms with E-state index in [-0.39, 0.29) is 11.9 Å². The third kappa shape index (κ3) is 7.16. The molecule has 0 aliphatic heterocycles. The maximum atomic E-state index is 13.6. The molecule has 1 aromatic heterocycles. The quantitative estimate of drug-likeness (QED) is 0.180. The average molecular weight is 562 g/mol. The largest absolute Gasteiger partial charge is 0.497 e. The Morgan fingerprint density at radius 2 is 1.73 bits per heavy atom. The van der Waals surface area contributed by atoms with Crippen molar-refractivity contribution in [3.8, 4) is 17.2 Å². The molecule has 0 bridgehead atoms. The molecule has 0 aliphatic carbocycles. The van der Waals surface area contributed by atoms with Gasteiger partial charge in [0.1, 0.15) is 11.1 Å². The van der Waals surface area contributed by atoms with Crippen molar-refractivity contribution in [3.63, 3.8) is 0 Å². The number of halogens is 1. The van der Waals surface area contributed by atoms with Crippen molar-refractivity contribution in [2.45, 2.75) is 37.7 Å². The summed E-state index contributed by atoms with van der Waals surface area (Å²) in [5, 5.41) is 3.83. The van der Waals surface area contributed by atoms with Gasteiger partial charge >= 0.3 is 0 Å². The fourth-order valence-electron chi connectivity index (χ4n) is 4.71. The summed E-state index contributed by atoms with van der Waals surface area (Å²) in [6.45, 7) is 3.08. The Hall–Kier alpha value is -3.97. The fourth-order valence-corrected chi connectivity index (χ4v) is 4.99. The number of hydrogen-bond acceptors (Lipinski definition) is 6. The lowest BCUT2D eigenvalue weighted by atomic mass is 10.1. The number of rotatable bonds is 13. The van der Waals surface area contributed by atoms with E-state index in [1.807, 2.05) is 77.7 Å². The molecule has 1 heterocycles. The van der Waals surface area contributed by atoms with Crippen molar-refractivity contribution >= 4 is 34.1 Å². The summed E-state index contributed by atoms with van der Waals surface area (Å²) in [5.41, 5.74) is 3.53. The number of anilines is 1. The number of pyridine rings is 1. The first-order valence-electron chi connectivity index (χ1n) is 13.3. The van der Waals surface area contributed by atoms with Gasteiger partial charge in [0, 0.05) is 36.8 Å². The summed E-state index contributed by atoms with van der Waals surface area (Å²) in [5.74, 6) is 1.90. The Kier molecular flexibility index (Phi) is 10.1. The first kappa shape index (κ1) is 29.0. The zero-order chi connectivity index (χ0) is 28.5. The van der Waals surface area contributed by atoms with E-state index in [1.165, 1.54) is 0 Å². The van der Waals surface area contributed by atoms with Gasteiger partial charge in [-0.05, 0) is 55.2 Å². The minimum atomic E-state index is -0.772. The average Bonchev–Trinajstić information content (AvgIpc) is 3.00. The number of carbonyl (C=O) groups is 1. The molecule has 0 saturated heterocycles. The molecule has 0 fully saturated rings. The molecule has 40 heavy (non-hydrogen) atoms. The number of amides is 1. The van der Waals surface area contributed by atoms with Gasteiger partial charge in [-0.2, -0.15) is 0 Å². The Bertz CT molecular complexity index is 1420. The first-order chi connectivity index (χ1) is 19.4. The van der Waals surface area contributed by atoms with Crippen LogP contribution in [0.3, 0.4) is 0 Å². The SMILES string of the molecule is COc1cc(NC(C)CCCN(Cc2ccc(OC)c(OC)c2)C(=O)C(Cl)c2ccccc2)c2ncccc2c1. The summed E-state index contributed by atoms with van der Waals surface area (Å²) >= 11 is 6.69. The molecule has 0 aliphatic rings. The van der Waals surface area contributed by atoms with Crippen LogP contribution in [0, 0.1) is 0 Å². The van der Waals surface area contributed by atoms with Gasteiger partial charge < -0.3 is 24.4 Å². The van der Waals surface area contributed by atoms with Gasteiger partial charge in [0.2, 0.25) is 5.91 Å². The molecular formula is C32H36ClN3O4. The number of fused-ring (bicyclic) bond motifs is 1. The van der Waals surface area contributed by atoms with E-state index >= 15 is 0 Å². The minimum absolute atomic E-state index is 0.133. The molecule has 1 amide bonds. The zero-order valence-electron chi connectivity index (χ0n) is 23.4. The van der Waals surface area contributed by atoms with Crippen LogP contribution in [0.1, 0.15) is 36.3 Å². The number of carbonyl (C=O) groups excluding carboxylic acids is 1. The second-order valence-electron chi connectivity index (χ2n) is 9.66. The number of hydrogen-bond donors (Lipinski definition) is 1. The van der Waals surface area contributed by atoms with Crippen LogP contribution < -0.4 is 19.5 Å². The minimum Gasteiger partial charge on any atom is -0.497 e. The van der Waals surface area contributed by atoms with E-state index in [4.69, 9.17) is 25.8 Å². The number of alkyl halides is 1. The monoisotopic (exact) mass is 561 g/mol. The van der Waals surface area contributed by atoms with Gasteiger partial charge in [0.05, 0.1) is 32.5 Å². The van der Waals surface area contributed by atoms with Gasteiger partial charge in [-0.1, -0.05) is 42.5 Å². The third-order valence-corrected chi connectivity index (χ3v) is 7.26. The predicted octanol–water partition coefficient (Wildman–Crippen LogP) is 6.85. The smallest absolute Gasteiger partial charge is 0.245 e. The summed E-state index contributed by atoms with van der Waals surface area (Å²) in [7, 11) is 4.86. The van der Waals surface area contributed by atoms with E-state index in [9.17, 15) is 4.79 Å². The summed E-state index contributed by atoms with van der Waals surface area (Å²) in [6.07, 6.45) is 3.40. The Labute approximate surface area is 241 Å². The Morgan fingerprint density at radius 3 is 2.45 bits per heavy atom. The highest BCUT2D eigenvalue weighted by atomic mass is 35.5. The lowest BCUT2D eigenvalue weighted by Gasteiger charge is -2.26. The van der Waals surface area contributed by atoms with Crippen molar-refractivity contribution in [3.05, 3.63) is 90.1 Å². The number of benzene rings is 3. The molecule has 0 spiro atoms. The molecule has 8 heteroatoms. The maximum absolute atomic E-state index is 13.6. The number of nitrogens with one attached hydrogen (secondary N) is 1. The molecule has 0 radical (unpaired) electrons. The second-order valence-corrected chi connectivity index (χ2v) is 10.1. The van der Waals surface area contributed by atoms with E-state index in [1.54, 1.807) is 27.5 Å². The third-order valence-electron chi connectivity index (χ3n) is 6.82. The van der Waals surface area contributed by atoms with E-state index in [0.717, 1.165) is 46.3 Å². The predicted molar refractivity (Wildman–Crippen MR) is 161 cm³/mol. The maximum Gasteiger partial charge on any atom is 0.245 e. The van der Waals surface area contributed by atoms with Gasteiger partial charge in [0.25, 0.3) is 0 Å². The Morgan fingerprint density at radius 1 is 0.950 bits per heavy atom. The molecule has 1 N–H and O–H groups in total. The Balaban J connectivity index is 1.47. The second kappa shape index (κ2) is 13.9. The number of methoxy groups -OCH3 is 3. The van der Waals surface area contributed by atoms with Gasteiger partial charge in [-0.25, -0.2) is 0 Å². The van der Waals surface area contributed by atoms with Gasteiger partial charge in [-0.15, -0.1) is 11.6 Å². The van der Waals surface area contributed by atoms with Crippen molar-refractivity contribution in [2.24, 2.45) is 0 Å². The summed E-state index contributed by atoms with van der Waals surface area (Å²) in [6, 6.07) is 23.2. The first-order valence-corrected chi connectivity index (χ1v) is 13.7. The highest BCUT2D eigenvalue weighted by Crippen LogP contribution is 2.31. The van der Waals surface area contributed by atoms with Crippen molar-refractivity contribution in [1.29, 1.82) is 0 Å². The fraction of sp³-hybridized carbons (Fsp3) is 0.312. The molecule has 2 atom stereocenters. The lowest BCUT2D eigenvalue weighted by molar-refractivity contribution is -0.131. The van der Waals surface area contributed by atoms with Crippen LogP contribution >= 0.6 is 11.6 Å². The number of nitrogens with zero attached hydrogens (tertiary/aromatic N) is 2. The standard InChI is InChI=1S/C32H36ClN3O4/c1-22(35-27-20-26(38-2)19-25-13-8-16-34-31(25)27)10-9-17-36(32(37)30(33)24-11-6-5-7-12-24)21-23-14-15-28(39-3)29(18-23)40-4/h5-8,11-16,18-20,22,30,35H,9-10,17,21H2,1-4H3. The van der Waals surface area contributed by atoms with Crippen LogP contribution in [-0.4, -0.2) is 49.7 Å². The van der Waals surface area contributed by atoms with Crippen molar-refractivity contribution in [1.82, 2.24) is 9.88 Å². The zero-order valence-corrected chi connectivity index (χ0v) is 24.1. The molecule has 0 saturated carbocycles. The topological polar surface area (TPSA) is 72.9 Å². The van der Waals surface area contributed by atoms with Crippen LogP contribution in [0.2, 0.25) is 0 Å². The van der Waals surface area contributed by atoms with Crippen LogP contribution in [0.4, 0.5) is 5.69 Å². The number of ether oxygens (including phenoxy) is 3. The highest BCUT2D eigenvalue weighted by molar-refractivity contribution is 6.30. The number of aromatic nitrogens is 1. The van der Waals surface area contributed by atoms with Gasteiger partial charge in [-0.3, -0.25) is 9.78 Å². The van der Waals surface area contributed by atoms with E-state index in [0.29, 0.717) is 24.6 Å². The van der Waals surface area contributed by atoms with Crippen molar-refractivity contribution < 1.29 is 19.0 Å². The highest BCUT2D eigenvalue weighted by Gasteiger charge is 2.24. The molecular weight excluding hydrogens is 526 g/mol. The van der Waals surface area contributed by atoms with Crippen LogP contribution in [0.15, 0.2) is 79.0 Å². The summed E-state index contributed by atoms with van der Waals surface area (Å²) in [4.78, 5) is 20.0. The van der Waals surface area contributed by atoms with Crippen LogP contribution in [-0.2, 0) is 11.3 Å². The molecule has 4 rings (SSSR count). The molecule has 3 aromatic carbocycles. The van der Waals surface area contributed by atoms with Gasteiger partial charge in [0.15, 0.2) is 11.5 Å². The molecule has 4 aromatic rings. The van der Waals surface area contributed by atoms with Crippen LogP contribution in [0.5, 0.6) is 17.2 Å².